The molecule has 0 radical (unpaired) electrons. The van der Waals surface area contributed by atoms with Gasteiger partial charge in [-0.2, -0.15) is 5.10 Å². The summed E-state index contributed by atoms with van der Waals surface area (Å²) in [6.45, 7) is 14.4. The Kier molecular flexibility index (Phi) is 5.26. The maximum Gasteiger partial charge on any atom is 0.246 e. The molecule has 0 saturated heterocycles. The summed E-state index contributed by atoms with van der Waals surface area (Å²) >= 11 is 0. The summed E-state index contributed by atoms with van der Waals surface area (Å²) in [6, 6.07) is 7.22. The van der Waals surface area contributed by atoms with Crippen LogP contribution in [0.25, 0.3) is 17.0 Å². The predicted molar refractivity (Wildman–Crippen MR) is 121 cm³/mol. The van der Waals surface area contributed by atoms with Gasteiger partial charge in [-0.25, -0.2) is 22.1 Å². The van der Waals surface area contributed by atoms with Gasteiger partial charge in [0.15, 0.2) is 0 Å². The van der Waals surface area contributed by atoms with E-state index < -0.39 is 18.1 Å². The van der Waals surface area contributed by atoms with Crippen LogP contribution in [0.5, 0.6) is 0 Å². The van der Waals surface area contributed by atoms with Gasteiger partial charge < -0.3 is 0 Å². The van der Waals surface area contributed by atoms with Crippen molar-refractivity contribution in [2.45, 2.75) is 52.8 Å². The van der Waals surface area contributed by atoms with Crippen LogP contribution in [0.4, 0.5) is 0 Å². The quantitative estimate of drug-likeness (QED) is 0.468. The summed E-state index contributed by atoms with van der Waals surface area (Å²) in [5.41, 5.74) is 5.95. The van der Waals surface area contributed by atoms with E-state index in [1.165, 1.54) is 3.97 Å². The molecule has 0 atom stereocenters. The summed E-state index contributed by atoms with van der Waals surface area (Å²) in [5.74, 6) is 3.53. The van der Waals surface area contributed by atoms with Crippen LogP contribution >= 0.6 is 0 Å². The Labute approximate surface area is 174 Å². The zero-order valence-electron chi connectivity index (χ0n) is 18.1. The summed E-state index contributed by atoms with van der Waals surface area (Å²) in [4.78, 5) is 4.59. The maximum atomic E-state index is 12.9. The van der Waals surface area contributed by atoms with Gasteiger partial charge in [-0.05, 0) is 19.1 Å². The molecule has 8 heteroatoms. The average molecular weight is 429 g/mol. The molecule has 0 saturated carbocycles. The summed E-state index contributed by atoms with van der Waals surface area (Å²) in [6.07, 6.45) is 1.80. The molecule has 3 aromatic rings. The average Bonchev–Trinajstić information content (AvgIpc) is 3.20. The van der Waals surface area contributed by atoms with Gasteiger partial charge in [0, 0.05) is 11.6 Å². The molecule has 0 spiro atoms. The minimum Gasteiger partial charge on any atom is -0.210 e. The number of nitrogens with zero attached hydrogens (tertiary/aromatic N) is 4. The van der Waals surface area contributed by atoms with Gasteiger partial charge in [-0.15, -0.1) is 5.54 Å². The first kappa shape index (κ1) is 21.3. The second-order valence-corrected chi connectivity index (χ2v) is 16.0. The second-order valence-electron chi connectivity index (χ2n) is 9.15. The Hall–Kier alpha value is -2.37. The number of benzene rings is 1. The van der Waals surface area contributed by atoms with E-state index in [1.54, 1.807) is 29.9 Å². The fraction of sp³-hybridized carbons (Fsp3) is 0.429. The fourth-order valence-corrected chi connectivity index (χ4v) is 4.51. The van der Waals surface area contributed by atoms with E-state index in [1.807, 2.05) is 12.1 Å². The van der Waals surface area contributed by atoms with Crippen molar-refractivity contribution in [2.24, 2.45) is 0 Å². The molecular weight excluding hydrogens is 400 g/mol. The summed E-state index contributed by atoms with van der Waals surface area (Å²) in [5, 5.41) is 4.74. The van der Waals surface area contributed by atoms with E-state index in [0.717, 1.165) is 11.3 Å². The van der Waals surface area contributed by atoms with Gasteiger partial charge in [-0.1, -0.05) is 58.5 Å². The van der Waals surface area contributed by atoms with Crippen molar-refractivity contribution in [3.05, 3.63) is 41.7 Å². The molecule has 0 N–H and O–H groups in total. The highest BCUT2D eigenvalue weighted by atomic mass is 32.2. The van der Waals surface area contributed by atoms with Crippen LogP contribution in [-0.4, -0.2) is 41.0 Å². The van der Waals surface area contributed by atoms with Crippen molar-refractivity contribution in [2.75, 3.05) is 5.75 Å². The first-order valence-electron chi connectivity index (χ1n) is 9.68. The molecule has 3 rings (SSSR count). The third-order valence-corrected chi connectivity index (χ3v) is 6.87. The standard InChI is InChI=1S/C21H28N4O2SSi/c1-8-28(26,27)25-18-12-10-9-11-17(18)22-20(25)24-15-16(13-14-29(5,6)7)19(23-24)21(2,3)4/h9-12,15H,8H2,1-7H3. The number of imidazole rings is 1. The van der Waals surface area contributed by atoms with E-state index >= 15 is 0 Å². The zero-order valence-corrected chi connectivity index (χ0v) is 19.9. The number of rotatable bonds is 3. The molecule has 0 aliphatic carbocycles. The Morgan fingerprint density at radius 3 is 2.38 bits per heavy atom. The van der Waals surface area contributed by atoms with Crippen LogP contribution in [0, 0.1) is 11.5 Å². The predicted octanol–water partition coefficient (Wildman–Crippen LogP) is 3.95. The Balaban J connectivity index is 2.32. The lowest BCUT2D eigenvalue weighted by atomic mass is 9.90. The normalized spacial score (nSPS) is 12.8. The molecule has 0 bridgehead atoms. The Morgan fingerprint density at radius 1 is 1.14 bits per heavy atom. The number of para-hydroxylation sites is 2. The first-order valence-corrected chi connectivity index (χ1v) is 14.8. The smallest absolute Gasteiger partial charge is 0.210 e. The molecule has 29 heavy (non-hydrogen) atoms. The van der Waals surface area contributed by atoms with Gasteiger partial charge in [0.1, 0.15) is 8.07 Å². The molecule has 0 unspecified atom stereocenters. The summed E-state index contributed by atoms with van der Waals surface area (Å²) in [7, 11) is -5.15. The molecule has 0 aliphatic heterocycles. The number of hydrogen-bond acceptors (Lipinski definition) is 4. The van der Waals surface area contributed by atoms with Crippen molar-refractivity contribution in [3.63, 3.8) is 0 Å². The molecule has 6 nitrogen and oxygen atoms in total. The van der Waals surface area contributed by atoms with Gasteiger partial charge in [-0.3, -0.25) is 0 Å². The minimum absolute atomic E-state index is 0.0317. The van der Waals surface area contributed by atoms with Gasteiger partial charge in [0.25, 0.3) is 0 Å². The zero-order chi connectivity index (χ0) is 21.6. The van der Waals surface area contributed by atoms with E-state index in [-0.39, 0.29) is 17.1 Å². The number of fused-ring (bicyclic) bond motifs is 1. The molecule has 0 aliphatic rings. The van der Waals surface area contributed by atoms with Gasteiger partial charge >= 0.3 is 0 Å². The number of aromatic nitrogens is 4. The highest BCUT2D eigenvalue weighted by molar-refractivity contribution is 7.90. The molecule has 2 aromatic heterocycles. The van der Waals surface area contributed by atoms with Crippen LogP contribution < -0.4 is 0 Å². The summed E-state index contributed by atoms with van der Waals surface area (Å²) < 4.78 is 28.6. The van der Waals surface area contributed by atoms with E-state index in [9.17, 15) is 8.42 Å². The molecule has 0 fully saturated rings. The van der Waals surface area contributed by atoms with Crippen LogP contribution in [-0.2, 0) is 15.4 Å². The first-order chi connectivity index (χ1) is 13.3. The van der Waals surface area contributed by atoms with E-state index in [4.69, 9.17) is 5.10 Å². The van der Waals surface area contributed by atoms with Crippen molar-refractivity contribution in [1.82, 2.24) is 18.7 Å². The van der Waals surface area contributed by atoms with E-state index in [0.29, 0.717) is 11.0 Å². The van der Waals surface area contributed by atoms with Gasteiger partial charge in [0.2, 0.25) is 16.0 Å². The molecular formula is C21H28N4O2SSi. The fourth-order valence-electron chi connectivity index (χ4n) is 2.92. The van der Waals surface area contributed by atoms with Gasteiger partial charge in [0.05, 0.1) is 28.0 Å². The lowest BCUT2D eigenvalue weighted by molar-refractivity contribution is 0.556. The minimum atomic E-state index is -3.57. The third kappa shape index (κ3) is 4.31. The van der Waals surface area contributed by atoms with Crippen molar-refractivity contribution in [3.8, 4) is 17.4 Å². The molecule has 2 heterocycles. The third-order valence-electron chi connectivity index (χ3n) is 4.35. The SMILES string of the molecule is CCS(=O)(=O)n1c(-n2cc(C#C[Si](C)(C)C)c(C(C)(C)C)n2)nc2ccccc21. The second kappa shape index (κ2) is 7.15. The maximum absolute atomic E-state index is 12.9. The monoisotopic (exact) mass is 428 g/mol. The number of hydrogen-bond donors (Lipinski definition) is 0. The van der Waals surface area contributed by atoms with E-state index in [2.05, 4.69) is 56.9 Å². The lowest BCUT2D eigenvalue weighted by Gasteiger charge is -2.16. The molecule has 1 aromatic carbocycles. The van der Waals surface area contributed by atoms with Crippen LogP contribution in [0.1, 0.15) is 39.0 Å². The van der Waals surface area contributed by atoms with Crippen molar-refractivity contribution < 1.29 is 8.42 Å². The lowest BCUT2D eigenvalue weighted by Crippen LogP contribution is -2.19. The van der Waals surface area contributed by atoms with Crippen molar-refractivity contribution >= 4 is 29.1 Å². The van der Waals surface area contributed by atoms with Crippen LogP contribution in [0.2, 0.25) is 19.6 Å². The van der Waals surface area contributed by atoms with Crippen LogP contribution in [0.3, 0.4) is 0 Å². The molecule has 154 valence electrons. The highest BCUT2D eigenvalue weighted by Gasteiger charge is 2.27. The topological polar surface area (TPSA) is 69.8 Å². The Bertz CT molecular complexity index is 1230. The Morgan fingerprint density at radius 2 is 1.79 bits per heavy atom. The van der Waals surface area contributed by atoms with Crippen molar-refractivity contribution in [1.29, 1.82) is 0 Å². The molecule has 0 amide bonds. The van der Waals surface area contributed by atoms with Crippen LogP contribution in [0.15, 0.2) is 30.5 Å². The highest BCUT2D eigenvalue weighted by Crippen LogP contribution is 2.27. The largest absolute Gasteiger partial charge is 0.246 e.